The number of carbonyl (C=O) groups is 1. The van der Waals surface area contributed by atoms with Crippen molar-refractivity contribution in [3.05, 3.63) is 28.9 Å². The lowest BCUT2D eigenvalue weighted by Gasteiger charge is -2.20. The third kappa shape index (κ3) is 4.27. The van der Waals surface area contributed by atoms with E-state index in [0.717, 1.165) is 0 Å². The number of nitrogens with zero attached hydrogens (tertiary/aromatic N) is 3. The zero-order valence-electron chi connectivity index (χ0n) is 10.4. The first-order chi connectivity index (χ1) is 8.54. The van der Waals surface area contributed by atoms with E-state index in [2.05, 4.69) is 4.98 Å². The molecule has 1 rings (SSSR count). The number of aliphatic hydroxyl groups excluding tert-OH is 1. The summed E-state index contributed by atoms with van der Waals surface area (Å²) in [6.45, 7) is 0.217. The van der Waals surface area contributed by atoms with E-state index in [9.17, 15) is 14.7 Å². The van der Waals surface area contributed by atoms with Crippen LogP contribution in [-0.2, 0) is 16.1 Å². The number of rotatable bonds is 6. The first-order valence-corrected chi connectivity index (χ1v) is 5.47. The molecule has 1 amide bonds. The second-order valence-corrected chi connectivity index (χ2v) is 3.91. The van der Waals surface area contributed by atoms with Crippen molar-refractivity contribution < 1.29 is 14.6 Å². The molecular formula is C11H17N3O4. The van der Waals surface area contributed by atoms with Crippen molar-refractivity contribution in [2.24, 2.45) is 0 Å². The third-order valence-corrected chi connectivity index (χ3v) is 2.36. The van der Waals surface area contributed by atoms with Crippen molar-refractivity contribution >= 4 is 5.91 Å². The van der Waals surface area contributed by atoms with Crippen LogP contribution in [0.2, 0.25) is 0 Å². The number of aliphatic hydroxyl groups is 1. The highest BCUT2D eigenvalue weighted by atomic mass is 16.5. The Labute approximate surface area is 105 Å². The van der Waals surface area contributed by atoms with Crippen LogP contribution in [-0.4, -0.2) is 58.9 Å². The maximum Gasteiger partial charge on any atom is 0.347 e. The number of methoxy groups -OCH3 is 1. The Balaban J connectivity index is 2.55. The second-order valence-electron chi connectivity index (χ2n) is 3.91. The zero-order chi connectivity index (χ0) is 13.5. The van der Waals surface area contributed by atoms with E-state index in [4.69, 9.17) is 4.74 Å². The lowest BCUT2D eigenvalue weighted by Crippen LogP contribution is -2.39. The van der Waals surface area contributed by atoms with Gasteiger partial charge in [0.25, 0.3) is 0 Å². The summed E-state index contributed by atoms with van der Waals surface area (Å²) in [6, 6.07) is 1.58. The molecule has 0 fully saturated rings. The Kier molecular flexibility index (Phi) is 5.47. The van der Waals surface area contributed by atoms with Crippen LogP contribution in [0.15, 0.2) is 23.3 Å². The molecule has 7 heteroatoms. The van der Waals surface area contributed by atoms with E-state index in [1.165, 1.54) is 29.0 Å². The van der Waals surface area contributed by atoms with Gasteiger partial charge in [0, 0.05) is 33.1 Å². The minimum absolute atomic E-state index is 0.0944. The number of carbonyl (C=O) groups excluding carboxylic acids is 1. The van der Waals surface area contributed by atoms with Gasteiger partial charge in [-0.15, -0.1) is 0 Å². The average molecular weight is 255 g/mol. The van der Waals surface area contributed by atoms with Gasteiger partial charge in [-0.25, -0.2) is 9.78 Å². The van der Waals surface area contributed by atoms with Crippen LogP contribution in [0, 0.1) is 0 Å². The van der Waals surface area contributed by atoms with Gasteiger partial charge in [0.05, 0.1) is 12.7 Å². The Hall–Kier alpha value is -1.73. The van der Waals surface area contributed by atoms with Gasteiger partial charge in [-0.2, -0.15) is 0 Å². The maximum atomic E-state index is 11.8. The molecule has 100 valence electrons. The van der Waals surface area contributed by atoms with Gasteiger partial charge in [-0.1, -0.05) is 0 Å². The molecule has 0 aliphatic heterocycles. The molecule has 1 aromatic rings. The molecule has 0 aliphatic carbocycles. The lowest BCUT2D eigenvalue weighted by atomic mass is 10.3. The number of amides is 1. The predicted molar refractivity (Wildman–Crippen MR) is 64.0 cm³/mol. The van der Waals surface area contributed by atoms with Crippen molar-refractivity contribution in [3.63, 3.8) is 0 Å². The quantitative estimate of drug-likeness (QED) is 0.683. The summed E-state index contributed by atoms with van der Waals surface area (Å²) in [5, 5.41) is 9.49. The highest BCUT2D eigenvalue weighted by Crippen LogP contribution is 1.93. The Morgan fingerprint density at radius 3 is 3.00 bits per heavy atom. The van der Waals surface area contributed by atoms with E-state index in [0.29, 0.717) is 0 Å². The van der Waals surface area contributed by atoms with Gasteiger partial charge >= 0.3 is 5.69 Å². The number of likely N-dealkylation sites (N-methyl/N-ethyl adjacent to an activating group) is 1. The van der Waals surface area contributed by atoms with Gasteiger partial charge < -0.3 is 14.7 Å². The summed E-state index contributed by atoms with van der Waals surface area (Å²) < 4.78 is 5.98. The first-order valence-electron chi connectivity index (χ1n) is 5.47. The molecule has 0 radical (unpaired) electrons. The Morgan fingerprint density at radius 1 is 1.67 bits per heavy atom. The van der Waals surface area contributed by atoms with Crippen LogP contribution in [0.1, 0.15) is 0 Å². The van der Waals surface area contributed by atoms with Crippen LogP contribution in [0.4, 0.5) is 0 Å². The number of ether oxygens (including phenoxy) is 1. The molecule has 7 nitrogen and oxygen atoms in total. The summed E-state index contributed by atoms with van der Waals surface area (Å²) >= 11 is 0. The van der Waals surface area contributed by atoms with Gasteiger partial charge in [-0.3, -0.25) is 9.36 Å². The second kappa shape index (κ2) is 6.87. The van der Waals surface area contributed by atoms with Crippen LogP contribution in [0.5, 0.6) is 0 Å². The SMILES string of the molecule is COCC(O)CN(C)C(=O)Cn1cccnc1=O. The van der Waals surface area contributed by atoms with E-state index >= 15 is 0 Å². The highest BCUT2D eigenvalue weighted by Gasteiger charge is 2.14. The minimum atomic E-state index is -0.741. The van der Waals surface area contributed by atoms with E-state index in [1.807, 2.05) is 0 Å². The molecule has 1 atom stereocenters. The highest BCUT2D eigenvalue weighted by molar-refractivity contribution is 5.75. The number of hydrogen-bond donors (Lipinski definition) is 1. The van der Waals surface area contributed by atoms with Gasteiger partial charge in [0.2, 0.25) is 5.91 Å². The van der Waals surface area contributed by atoms with Gasteiger partial charge in [-0.05, 0) is 6.07 Å². The fourth-order valence-corrected chi connectivity index (χ4v) is 1.44. The van der Waals surface area contributed by atoms with Gasteiger partial charge in [0.1, 0.15) is 6.54 Å². The fourth-order valence-electron chi connectivity index (χ4n) is 1.44. The molecule has 0 bridgehead atoms. The number of aromatic nitrogens is 2. The molecule has 1 heterocycles. The average Bonchev–Trinajstić information content (AvgIpc) is 2.32. The normalized spacial score (nSPS) is 12.2. The van der Waals surface area contributed by atoms with E-state index < -0.39 is 11.8 Å². The molecule has 0 aliphatic rings. The lowest BCUT2D eigenvalue weighted by molar-refractivity contribution is -0.132. The predicted octanol–water partition coefficient (Wildman–Crippen LogP) is -1.29. The summed E-state index contributed by atoms with van der Waals surface area (Å²) in [5.74, 6) is -0.278. The summed E-state index contributed by atoms with van der Waals surface area (Å²) in [4.78, 5) is 28.0. The maximum absolute atomic E-state index is 11.8. The Bertz CT molecular complexity index is 446. The van der Waals surface area contributed by atoms with Crippen molar-refractivity contribution in [3.8, 4) is 0 Å². The third-order valence-electron chi connectivity index (χ3n) is 2.36. The molecular weight excluding hydrogens is 238 g/mol. The monoisotopic (exact) mass is 255 g/mol. The molecule has 0 aromatic carbocycles. The minimum Gasteiger partial charge on any atom is -0.389 e. The molecule has 1 unspecified atom stereocenters. The van der Waals surface area contributed by atoms with Crippen LogP contribution in [0.25, 0.3) is 0 Å². The topological polar surface area (TPSA) is 84.7 Å². The van der Waals surface area contributed by atoms with E-state index in [1.54, 1.807) is 13.1 Å². The van der Waals surface area contributed by atoms with Crippen molar-refractivity contribution in [1.29, 1.82) is 0 Å². The van der Waals surface area contributed by atoms with Crippen molar-refractivity contribution in [2.75, 3.05) is 27.3 Å². The standard InChI is InChI=1S/C11H17N3O4/c1-13(6-9(15)8-18-2)10(16)7-14-5-3-4-12-11(14)17/h3-5,9,15H,6-8H2,1-2H3. The Morgan fingerprint density at radius 2 is 2.39 bits per heavy atom. The molecule has 0 saturated carbocycles. The summed E-state index contributed by atoms with van der Waals surface area (Å²) in [5.41, 5.74) is -0.475. The molecule has 0 spiro atoms. The van der Waals surface area contributed by atoms with Gasteiger partial charge in [0.15, 0.2) is 0 Å². The molecule has 18 heavy (non-hydrogen) atoms. The zero-order valence-corrected chi connectivity index (χ0v) is 10.4. The summed E-state index contributed by atoms with van der Waals surface area (Å²) in [6.07, 6.45) is 2.12. The van der Waals surface area contributed by atoms with Crippen molar-refractivity contribution in [1.82, 2.24) is 14.5 Å². The molecule has 0 saturated heterocycles. The van der Waals surface area contributed by atoms with Crippen LogP contribution >= 0.6 is 0 Å². The fraction of sp³-hybridized carbons (Fsp3) is 0.545. The number of hydrogen-bond acceptors (Lipinski definition) is 5. The van der Waals surface area contributed by atoms with Crippen molar-refractivity contribution in [2.45, 2.75) is 12.6 Å². The molecule has 1 N–H and O–H groups in total. The van der Waals surface area contributed by atoms with Crippen LogP contribution in [0.3, 0.4) is 0 Å². The molecule has 1 aromatic heterocycles. The largest absolute Gasteiger partial charge is 0.389 e. The first kappa shape index (κ1) is 14.3. The smallest absolute Gasteiger partial charge is 0.347 e. The van der Waals surface area contributed by atoms with E-state index in [-0.39, 0.29) is 25.6 Å². The summed E-state index contributed by atoms with van der Waals surface area (Å²) in [7, 11) is 3.03. The van der Waals surface area contributed by atoms with Crippen LogP contribution < -0.4 is 5.69 Å².